The lowest BCUT2D eigenvalue weighted by atomic mass is 10.1. The lowest BCUT2D eigenvalue weighted by Crippen LogP contribution is -2.43. The van der Waals surface area contributed by atoms with Gasteiger partial charge in [-0.25, -0.2) is 13.1 Å². The number of rotatable bonds is 7. The number of nitrogens with zero attached hydrogens (tertiary/aromatic N) is 2. The van der Waals surface area contributed by atoms with Crippen LogP contribution in [0.25, 0.3) is 0 Å². The van der Waals surface area contributed by atoms with E-state index in [9.17, 15) is 18.5 Å². The van der Waals surface area contributed by atoms with Gasteiger partial charge in [0.05, 0.1) is 29.1 Å². The maximum Gasteiger partial charge on any atom is 0.271 e. The van der Waals surface area contributed by atoms with Crippen molar-refractivity contribution in [2.45, 2.75) is 31.7 Å². The van der Waals surface area contributed by atoms with Crippen molar-refractivity contribution in [1.82, 2.24) is 9.62 Å². The first-order chi connectivity index (χ1) is 14.2. The van der Waals surface area contributed by atoms with Crippen LogP contribution in [0.3, 0.4) is 0 Å². The highest BCUT2D eigenvalue weighted by Crippen LogP contribution is 2.27. The number of benzene rings is 2. The molecule has 31 heavy (non-hydrogen) atoms. The van der Waals surface area contributed by atoms with Crippen molar-refractivity contribution < 1.29 is 18.1 Å². The van der Waals surface area contributed by atoms with Crippen molar-refractivity contribution in [2.24, 2.45) is 0 Å². The van der Waals surface area contributed by atoms with Crippen LogP contribution in [-0.4, -0.2) is 51.1 Å². The Bertz CT molecular complexity index is 1020. The Balaban J connectivity index is 0.00000341. The summed E-state index contributed by atoms with van der Waals surface area (Å²) in [5.41, 5.74) is 2.75. The Labute approximate surface area is 189 Å². The third-order valence-corrected chi connectivity index (χ3v) is 7.02. The molecule has 0 aromatic heterocycles. The summed E-state index contributed by atoms with van der Waals surface area (Å²) < 4.78 is 34.8. The summed E-state index contributed by atoms with van der Waals surface area (Å²) in [5, 5.41) is 11.3. The van der Waals surface area contributed by atoms with Crippen molar-refractivity contribution in [3.63, 3.8) is 0 Å². The molecule has 1 aliphatic heterocycles. The second kappa shape index (κ2) is 10.5. The first-order valence-electron chi connectivity index (χ1n) is 9.82. The van der Waals surface area contributed by atoms with Gasteiger partial charge in [-0.15, -0.1) is 12.4 Å². The number of ether oxygens (including phenoxy) is 1. The first kappa shape index (κ1) is 25.2. The van der Waals surface area contributed by atoms with Gasteiger partial charge >= 0.3 is 0 Å². The molecule has 0 amide bonds. The number of nitro groups is 1. The fraction of sp³-hybridized carbons (Fsp3) is 0.429. The summed E-state index contributed by atoms with van der Waals surface area (Å²) in [7, 11) is -3.99. The quantitative estimate of drug-likeness (QED) is 0.493. The Morgan fingerprint density at radius 1 is 1.13 bits per heavy atom. The van der Waals surface area contributed by atoms with Crippen LogP contribution in [0.1, 0.15) is 28.3 Å². The van der Waals surface area contributed by atoms with Gasteiger partial charge in [-0.05, 0) is 37.5 Å². The third kappa shape index (κ3) is 6.24. The maximum atomic E-state index is 13.3. The minimum Gasteiger partial charge on any atom is -0.379 e. The molecule has 3 rings (SSSR count). The van der Waals surface area contributed by atoms with Gasteiger partial charge in [-0.2, -0.15) is 0 Å². The van der Waals surface area contributed by atoms with Crippen LogP contribution >= 0.6 is 12.4 Å². The number of nitro benzene ring substituents is 1. The Morgan fingerprint density at radius 3 is 2.32 bits per heavy atom. The van der Waals surface area contributed by atoms with Crippen LogP contribution in [0.2, 0.25) is 0 Å². The van der Waals surface area contributed by atoms with E-state index in [1.54, 1.807) is 13.8 Å². The zero-order valence-corrected chi connectivity index (χ0v) is 19.5. The number of hydrogen-bond acceptors (Lipinski definition) is 6. The van der Waals surface area contributed by atoms with Gasteiger partial charge < -0.3 is 4.74 Å². The number of nitrogens with one attached hydrogen (secondary N) is 1. The van der Waals surface area contributed by atoms with Gasteiger partial charge in [0.2, 0.25) is 10.0 Å². The van der Waals surface area contributed by atoms with Crippen molar-refractivity contribution >= 4 is 28.1 Å². The summed E-state index contributed by atoms with van der Waals surface area (Å²) in [6.45, 7) is 8.45. The Kier molecular flexibility index (Phi) is 8.56. The fourth-order valence-electron chi connectivity index (χ4n) is 3.50. The fourth-order valence-corrected chi connectivity index (χ4v) is 5.05. The van der Waals surface area contributed by atoms with Crippen LogP contribution in [-0.2, 0) is 14.8 Å². The van der Waals surface area contributed by atoms with E-state index in [0.29, 0.717) is 30.9 Å². The summed E-state index contributed by atoms with van der Waals surface area (Å²) in [5.74, 6) is 0. The molecule has 170 valence electrons. The lowest BCUT2D eigenvalue weighted by molar-refractivity contribution is -0.385. The van der Waals surface area contributed by atoms with Crippen molar-refractivity contribution in [3.8, 4) is 0 Å². The van der Waals surface area contributed by atoms with Gasteiger partial charge in [0.1, 0.15) is 0 Å². The van der Waals surface area contributed by atoms with Gasteiger partial charge in [0.15, 0.2) is 0 Å². The molecule has 2 aromatic rings. The smallest absolute Gasteiger partial charge is 0.271 e. The Morgan fingerprint density at radius 2 is 1.74 bits per heavy atom. The number of sulfonamides is 1. The number of morpholine rings is 1. The highest BCUT2D eigenvalue weighted by atomic mass is 35.5. The van der Waals surface area contributed by atoms with Gasteiger partial charge in [-0.1, -0.05) is 29.8 Å². The molecule has 1 N–H and O–H groups in total. The predicted molar refractivity (Wildman–Crippen MR) is 121 cm³/mol. The molecule has 0 radical (unpaired) electrons. The van der Waals surface area contributed by atoms with Crippen LogP contribution in [0, 0.1) is 30.9 Å². The van der Waals surface area contributed by atoms with E-state index >= 15 is 0 Å². The zero-order chi connectivity index (χ0) is 21.9. The SMILES string of the molecule is Cc1ccc(C(CN2CCOCC2)NS(=O)(=O)c2cc([N+](=O)[O-])cc(C)c2C)cc1.Cl. The molecular weight excluding hydrogens is 442 g/mol. The van der Waals surface area contributed by atoms with E-state index in [0.717, 1.165) is 30.3 Å². The molecule has 8 nitrogen and oxygen atoms in total. The third-order valence-electron chi connectivity index (χ3n) is 5.43. The Hall–Kier alpha value is -2.04. The molecule has 1 aliphatic rings. The van der Waals surface area contributed by atoms with E-state index < -0.39 is 21.0 Å². The van der Waals surface area contributed by atoms with Gasteiger partial charge in [0.25, 0.3) is 5.69 Å². The molecule has 0 bridgehead atoms. The summed E-state index contributed by atoms with van der Waals surface area (Å²) in [6.07, 6.45) is 0. The molecule has 2 aromatic carbocycles. The average molecular weight is 470 g/mol. The number of hydrogen-bond donors (Lipinski definition) is 1. The molecule has 0 saturated carbocycles. The molecular formula is C21H28ClN3O5S. The van der Waals surface area contributed by atoms with E-state index in [2.05, 4.69) is 9.62 Å². The van der Waals surface area contributed by atoms with Gasteiger partial charge in [-0.3, -0.25) is 15.0 Å². The molecule has 1 heterocycles. The van der Waals surface area contributed by atoms with E-state index in [4.69, 9.17) is 4.74 Å². The largest absolute Gasteiger partial charge is 0.379 e. The molecule has 0 spiro atoms. The minimum atomic E-state index is -3.99. The second-order valence-corrected chi connectivity index (χ2v) is 9.32. The van der Waals surface area contributed by atoms with Crippen LogP contribution < -0.4 is 4.72 Å². The standard InChI is InChI=1S/C21H27N3O5S.ClH/c1-15-4-6-18(7-5-15)20(14-23-8-10-29-11-9-23)22-30(27,28)21-13-19(24(25)26)12-16(2)17(21)3;/h4-7,12-13,20,22H,8-11,14H2,1-3H3;1H. The molecule has 1 fully saturated rings. The van der Waals surface area contributed by atoms with Crippen LogP contribution in [0.15, 0.2) is 41.3 Å². The summed E-state index contributed by atoms with van der Waals surface area (Å²) in [6, 6.07) is 9.73. The second-order valence-electron chi connectivity index (χ2n) is 7.64. The van der Waals surface area contributed by atoms with E-state index in [1.165, 1.54) is 6.07 Å². The van der Waals surface area contributed by atoms with Gasteiger partial charge in [0, 0.05) is 31.8 Å². The lowest BCUT2D eigenvalue weighted by Gasteiger charge is -2.31. The van der Waals surface area contributed by atoms with Crippen LogP contribution in [0.5, 0.6) is 0 Å². The van der Waals surface area contributed by atoms with Crippen molar-refractivity contribution in [1.29, 1.82) is 0 Å². The number of halogens is 1. The predicted octanol–water partition coefficient (Wildman–Crippen LogP) is 3.29. The molecule has 10 heteroatoms. The zero-order valence-electron chi connectivity index (χ0n) is 17.8. The minimum absolute atomic E-state index is 0. The highest BCUT2D eigenvalue weighted by molar-refractivity contribution is 7.89. The highest BCUT2D eigenvalue weighted by Gasteiger charge is 2.27. The monoisotopic (exact) mass is 469 g/mol. The normalized spacial score (nSPS) is 15.8. The van der Waals surface area contributed by atoms with Crippen molar-refractivity contribution in [3.05, 3.63) is 68.8 Å². The topological polar surface area (TPSA) is 102 Å². The molecule has 1 saturated heterocycles. The summed E-state index contributed by atoms with van der Waals surface area (Å²) in [4.78, 5) is 12.8. The molecule has 0 aliphatic carbocycles. The van der Waals surface area contributed by atoms with Crippen molar-refractivity contribution in [2.75, 3.05) is 32.8 Å². The van der Waals surface area contributed by atoms with E-state index in [1.807, 2.05) is 31.2 Å². The first-order valence-corrected chi connectivity index (χ1v) is 11.3. The average Bonchev–Trinajstić information content (AvgIpc) is 2.70. The maximum absolute atomic E-state index is 13.3. The summed E-state index contributed by atoms with van der Waals surface area (Å²) >= 11 is 0. The van der Waals surface area contributed by atoms with E-state index in [-0.39, 0.29) is 23.0 Å². The number of non-ortho nitro benzene ring substituents is 1. The number of aryl methyl sites for hydroxylation is 2. The molecule has 1 atom stereocenters. The molecule has 1 unspecified atom stereocenters. The van der Waals surface area contributed by atoms with Crippen LogP contribution in [0.4, 0.5) is 5.69 Å².